The number of rotatable bonds is 19. The zero-order valence-corrected chi connectivity index (χ0v) is 78.1. The lowest BCUT2D eigenvalue weighted by atomic mass is 10.1. The van der Waals surface area contributed by atoms with Crippen molar-refractivity contribution in [2.75, 3.05) is 177 Å². The van der Waals surface area contributed by atoms with Crippen LogP contribution >= 0.6 is 22.3 Å². The number of aryl methyl sites for hydroxylation is 4. The van der Waals surface area contributed by atoms with E-state index in [2.05, 4.69) is 119 Å². The normalized spacial score (nSPS) is 17.6. The molecule has 14 rings (SSSR count). The fourth-order valence-corrected chi connectivity index (χ4v) is 16.3. The average molecular weight is 1880 g/mol. The minimum absolute atomic E-state index is 0. The largest absolute Gasteiger partial charge is 0.508 e. The van der Waals surface area contributed by atoms with Crippen LogP contribution in [0.15, 0.2) is 122 Å². The average Bonchev–Trinajstić information content (AvgIpc) is 0.849. The standard InChI is InChI=1S/C23H33N5O3S.C12H19N3O3S.C12H18N2O3S.C11H17N3O.C7H6O2.C6H7ClN2.C5H12N2O2S.C5H11NO.CH3ClO2S.CH4/c1-3-19-16-24-23(25-17-19)27-10-8-22(9-11-27)31-21-6-4-20(5-7-21)18-26-12-14-28(15-13-26)32(2,29)30;1-3-10-8-13-12(14-9-10)15-6-4-11(5-7-15)18-19(2,16)17;1-18(16,17)14-8-6-13(7-9-14)10-11-2-4-12(15)5-3-11;1-2-9-7-12-11(13-8-9)14-5-3-10(15)4-6-14;8-5-6-1-3-7(9)4-2-6;1-2-5-3-8-6(7)9-4-5;1-10(8,9)7-4-2-6-3-5-7;7-5-1-3-6-4-2-5;1-5(2,3)4;/h4-7,16-17,22H,3,8-15,18H2,1-2H3;8-9,11H,3-7H2,1-2H3;2-5,15H,6-10H2,1H3;7-8,10,15H,2-6H2,1H3;1-5,9H;3-4H,2H2,1H3;6H,2-5H2,1H3;5-7H,1-4H2;1H3;1H4. The molecule has 0 spiro atoms. The summed E-state index contributed by atoms with van der Waals surface area (Å²) >= 11 is 5.45. The van der Waals surface area contributed by atoms with Gasteiger partial charge in [-0.15, -0.1) is 0 Å². The monoisotopic (exact) mass is 1880 g/mol. The summed E-state index contributed by atoms with van der Waals surface area (Å²) in [4.78, 5) is 54.9. The van der Waals surface area contributed by atoms with Crippen LogP contribution in [0.25, 0.3) is 0 Å². The molecule has 125 heavy (non-hydrogen) atoms. The molecule has 0 unspecified atom stereocenters. The fourth-order valence-electron chi connectivity index (χ4n) is 13.0. The molecule has 0 saturated carbocycles. The smallest absolute Gasteiger partial charge is 0.264 e. The number of ether oxygens (including phenoxy) is 1. The predicted molar refractivity (Wildman–Crippen MR) is 491 cm³/mol. The number of aliphatic hydroxyl groups is 2. The van der Waals surface area contributed by atoms with Crippen LogP contribution in [0.5, 0.6) is 17.2 Å². The zero-order valence-electron chi connectivity index (χ0n) is 72.5. The van der Waals surface area contributed by atoms with Crippen LogP contribution < -0.4 is 30.1 Å². The fraction of sp³-hybridized carbons (Fsp3) is 0.578. The Labute approximate surface area is 750 Å². The van der Waals surface area contributed by atoms with Gasteiger partial charge in [-0.25, -0.2) is 73.5 Å². The SMILES string of the molecule is C.CCc1cnc(Cl)nc1.CCc1cnc(N2CCC(O)CC2)nc1.CCc1cnc(N2CCC(OS(C)(=O)=O)CC2)nc1.CCc1cnc(N2CCC(Oc3ccc(CN4CCN(S(C)(=O)=O)CC4)cc3)CC2)nc1.CS(=O)(=O)Cl.CS(=O)(=O)N1CCN(Cc2ccc(O)cc2)CC1.CS(=O)(=O)N1CCNCC1.O=Cc1ccc(O)cc1.OC1CCNCC1. The molecule has 7 aliphatic rings. The maximum Gasteiger partial charge on any atom is 0.264 e. The Morgan fingerprint density at radius 2 is 0.696 bits per heavy atom. The minimum Gasteiger partial charge on any atom is -0.508 e. The lowest BCUT2D eigenvalue weighted by molar-refractivity contribution is 0.112. The van der Waals surface area contributed by atoms with Crippen molar-refractivity contribution >= 4 is 95.7 Å². The van der Waals surface area contributed by atoms with Gasteiger partial charge in [0.2, 0.25) is 62.2 Å². The van der Waals surface area contributed by atoms with E-state index in [9.17, 15) is 57.1 Å². The van der Waals surface area contributed by atoms with Crippen molar-refractivity contribution in [1.29, 1.82) is 0 Å². The van der Waals surface area contributed by atoms with Gasteiger partial charge in [0.15, 0.2) is 0 Å². The molecule has 0 amide bonds. The molecule has 6 N–H and O–H groups in total. The van der Waals surface area contributed by atoms with Crippen molar-refractivity contribution in [2.45, 2.75) is 150 Å². The highest BCUT2D eigenvalue weighted by Crippen LogP contribution is 2.25. The molecular weight excluding hydrogens is 1750 g/mol. The number of hydrogen-bond acceptors (Lipinski definition) is 32. The summed E-state index contributed by atoms with van der Waals surface area (Å²) in [6.45, 7) is 24.8. The Hall–Kier alpha value is -7.62. The number of carbonyl (C=O) groups is 1. The third-order valence-electron chi connectivity index (χ3n) is 20.3. The summed E-state index contributed by atoms with van der Waals surface area (Å²) in [6, 6.07) is 21.5. The highest BCUT2D eigenvalue weighted by molar-refractivity contribution is 8.13. The molecule has 4 aromatic heterocycles. The second-order valence-electron chi connectivity index (χ2n) is 30.4. The summed E-state index contributed by atoms with van der Waals surface area (Å²) in [7, 11) is -11.1. The van der Waals surface area contributed by atoms with Crippen molar-refractivity contribution in [1.82, 2.24) is 73.2 Å². The van der Waals surface area contributed by atoms with Crippen molar-refractivity contribution in [2.24, 2.45) is 0 Å². The number of carbonyl (C=O) groups excluding carboxylic acids is 1. The van der Waals surface area contributed by atoms with E-state index in [4.69, 9.17) is 30.7 Å². The molecule has 3 aromatic carbocycles. The van der Waals surface area contributed by atoms with E-state index in [-0.39, 0.29) is 43.3 Å². The van der Waals surface area contributed by atoms with Gasteiger partial charge < -0.3 is 50.5 Å². The van der Waals surface area contributed by atoms with Gasteiger partial charge in [0.1, 0.15) is 29.6 Å². The number of sulfonamides is 3. The van der Waals surface area contributed by atoms with Crippen LogP contribution in [0, 0.1) is 0 Å². The van der Waals surface area contributed by atoms with Gasteiger partial charge >= 0.3 is 0 Å². The summed E-state index contributed by atoms with van der Waals surface area (Å²) in [5, 5.41) is 42.7. The number of nitrogens with zero attached hydrogens (tertiary/aromatic N) is 16. The Morgan fingerprint density at radius 3 is 1.00 bits per heavy atom. The number of benzene rings is 3. The van der Waals surface area contributed by atoms with E-state index < -0.39 is 49.2 Å². The molecule has 0 aliphatic carbocycles. The van der Waals surface area contributed by atoms with Gasteiger partial charge in [0, 0.05) is 210 Å². The van der Waals surface area contributed by atoms with Gasteiger partial charge in [0.05, 0.1) is 49.6 Å². The van der Waals surface area contributed by atoms with Crippen molar-refractivity contribution in [3.63, 3.8) is 0 Å². The number of aliphatic hydroxyl groups excluding tert-OH is 2. The van der Waals surface area contributed by atoms with E-state index in [1.807, 2.05) is 68.4 Å². The second kappa shape index (κ2) is 55.3. The molecular formula is C83H130Cl2N18O17S5. The number of aldehydes is 1. The van der Waals surface area contributed by atoms with Crippen LogP contribution in [0.4, 0.5) is 17.8 Å². The summed E-state index contributed by atoms with van der Waals surface area (Å²) < 4.78 is 125. The first-order valence-corrected chi connectivity index (χ1v) is 52.0. The topological polar surface area (TPSA) is 440 Å². The van der Waals surface area contributed by atoms with E-state index in [0.717, 1.165) is 220 Å². The lowest BCUT2D eigenvalue weighted by Crippen LogP contribution is -2.47. The summed E-state index contributed by atoms with van der Waals surface area (Å²) in [5.74, 6) is 3.65. The maximum absolute atomic E-state index is 11.7. The molecule has 7 aliphatic heterocycles. The lowest BCUT2D eigenvalue weighted by Gasteiger charge is -2.33. The van der Waals surface area contributed by atoms with Crippen molar-refractivity contribution in [3.05, 3.63) is 167 Å². The first-order valence-electron chi connectivity index (χ1n) is 41.5. The van der Waals surface area contributed by atoms with Gasteiger partial charge in [-0.3, -0.25) is 18.8 Å². The van der Waals surface area contributed by atoms with Gasteiger partial charge in [-0.2, -0.15) is 21.3 Å². The number of anilines is 3. The van der Waals surface area contributed by atoms with E-state index >= 15 is 0 Å². The second-order valence-corrected chi connectivity index (χ2v) is 41.4. The third-order valence-corrected chi connectivity index (χ3v) is 25.1. The van der Waals surface area contributed by atoms with Crippen LogP contribution in [-0.2, 0) is 92.2 Å². The van der Waals surface area contributed by atoms with Gasteiger partial charge in [0.25, 0.3) is 10.1 Å². The molecule has 0 radical (unpaired) electrons. The Balaban J connectivity index is 0.000000263. The molecule has 0 atom stereocenters. The molecule has 42 heteroatoms. The first kappa shape index (κ1) is 108. The van der Waals surface area contributed by atoms with Crippen molar-refractivity contribution < 1.29 is 76.2 Å². The number of halogens is 2. The van der Waals surface area contributed by atoms with Gasteiger partial charge in [-0.1, -0.05) is 59.4 Å². The number of aromatic nitrogens is 8. The third kappa shape index (κ3) is 44.3. The van der Waals surface area contributed by atoms with E-state index in [1.165, 1.54) is 45.1 Å². The molecule has 7 aromatic rings. The summed E-state index contributed by atoms with van der Waals surface area (Å²) in [5.41, 5.74) is 7.46. The highest BCUT2D eigenvalue weighted by atomic mass is 35.7. The molecule has 35 nitrogen and oxygen atoms in total. The minimum atomic E-state index is -3.36. The number of aromatic hydroxyl groups is 2. The van der Waals surface area contributed by atoms with Crippen LogP contribution in [0.2, 0.25) is 5.28 Å². The van der Waals surface area contributed by atoms with Crippen molar-refractivity contribution in [3.8, 4) is 17.2 Å². The number of hydrogen-bond donors (Lipinski definition) is 6. The Morgan fingerprint density at radius 1 is 0.400 bits per heavy atom. The molecule has 7 fully saturated rings. The molecule has 698 valence electrons. The van der Waals surface area contributed by atoms with E-state index in [1.54, 1.807) is 41.0 Å². The Bertz CT molecular complexity index is 4780. The van der Waals surface area contributed by atoms with E-state index in [0.29, 0.717) is 82.0 Å². The predicted octanol–water partition coefficient (Wildman–Crippen LogP) is 6.92. The molecule has 0 bridgehead atoms. The highest BCUT2D eigenvalue weighted by Gasteiger charge is 2.28. The van der Waals surface area contributed by atoms with Gasteiger partial charge in [-0.05, 0) is 171 Å². The summed E-state index contributed by atoms with van der Waals surface area (Å²) in [6.07, 6.45) is 31.6. The number of phenolic OH excluding ortho intramolecular Hbond substituents is 2. The number of piperazine rings is 3. The van der Waals surface area contributed by atoms with Crippen LogP contribution in [0.3, 0.4) is 0 Å². The maximum atomic E-state index is 11.7. The molecule has 11 heterocycles. The number of phenols is 2. The first-order chi connectivity index (χ1) is 58.8. The van der Waals surface area contributed by atoms with Crippen LogP contribution in [-0.4, -0.2) is 318 Å². The molecule has 7 saturated heterocycles. The zero-order chi connectivity index (χ0) is 90.9. The number of piperidine rings is 4. The van der Waals surface area contributed by atoms with Crippen LogP contribution in [0.1, 0.15) is 130 Å². The quantitative estimate of drug-likeness (QED) is 0.0207. The number of nitrogens with one attached hydrogen (secondary N) is 2. The Kier molecular flexibility index (Phi) is 47.7.